The van der Waals surface area contributed by atoms with Crippen LogP contribution in [0.5, 0.6) is 5.75 Å². The van der Waals surface area contributed by atoms with Crippen LogP contribution in [0.25, 0.3) is 0 Å². The first-order valence-corrected chi connectivity index (χ1v) is 7.57. The molecular formula is C17H11F4N3O3. The van der Waals surface area contributed by atoms with E-state index in [4.69, 9.17) is 5.26 Å². The summed E-state index contributed by atoms with van der Waals surface area (Å²) in [6, 6.07) is 7.99. The van der Waals surface area contributed by atoms with Gasteiger partial charge in [-0.15, -0.1) is 0 Å². The predicted octanol–water partition coefficient (Wildman–Crippen LogP) is 2.77. The fourth-order valence-electron chi connectivity index (χ4n) is 2.65. The molecule has 0 spiro atoms. The van der Waals surface area contributed by atoms with E-state index in [9.17, 15) is 27.5 Å². The summed E-state index contributed by atoms with van der Waals surface area (Å²) in [5.74, 6) is -2.40. The van der Waals surface area contributed by atoms with Gasteiger partial charge >= 0.3 is 12.0 Å². The second kappa shape index (κ2) is 6.85. The summed E-state index contributed by atoms with van der Waals surface area (Å²) >= 11 is 0. The van der Waals surface area contributed by atoms with Gasteiger partial charge in [0.15, 0.2) is 5.75 Å². The maximum absolute atomic E-state index is 14.1. The van der Waals surface area contributed by atoms with Gasteiger partial charge in [-0.2, -0.15) is 14.0 Å². The molecule has 0 unspecified atom stereocenters. The SMILES string of the molecule is N#Cc1cc(CN2C(=O)C(F)(F)Oc3c([C@H](O)C(F)F)cccc32)ccn1. The summed E-state index contributed by atoms with van der Waals surface area (Å²) in [5.41, 5.74) is -0.425. The third kappa shape index (κ3) is 3.41. The predicted molar refractivity (Wildman–Crippen MR) is 83.1 cm³/mol. The van der Waals surface area contributed by atoms with Crippen molar-refractivity contribution in [2.45, 2.75) is 25.2 Å². The molecule has 10 heteroatoms. The quantitative estimate of drug-likeness (QED) is 0.823. The van der Waals surface area contributed by atoms with Gasteiger partial charge < -0.3 is 9.84 Å². The third-order valence-corrected chi connectivity index (χ3v) is 3.88. The summed E-state index contributed by atoms with van der Waals surface area (Å²) in [6.45, 7) is -0.379. The number of hydrogen-bond acceptors (Lipinski definition) is 5. The van der Waals surface area contributed by atoms with Crippen LogP contribution >= 0.6 is 0 Å². The Morgan fingerprint density at radius 3 is 2.74 bits per heavy atom. The molecule has 1 amide bonds. The number of amides is 1. The van der Waals surface area contributed by atoms with Crippen molar-refractivity contribution >= 4 is 11.6 Å². The molecule has 1 aromatic heterocycles. The molecule has 1 N–H and O–H groups in total. The standard InChI is InChI=1S/C17H11F4N3O3/c18-15(19)13(25)11-2-1-3-12-14(11)27-17(20,21)16(26)24(12)8-9-4-5-23-10(6-9)7-22/h1-6,13,15,25H,8H2/t13-/m0/s1. The number of aliphatic hydroxyl groups is 1. The number of carbonyl (C=O) groups is 1. The molecule has 1 aromatic carbocycles. The van der Waals surface area contributed by atoms with Gasteiger partial charge in [-0.3, -0.25) is 9.69 Å². The Morgan fingerprint density at radius 1 is 1.33 bits per heavy atom. The van der Waals surface area contributed by atoms with Crippen molar-refractivity contribution in [2.75, 3.05) is 4.90 Å². The zero-order valence-corrected chi connectivity index (χ0v) is 13.4. The number of nitrogens with zero attached hydrogens (tertiary/aromatic N) is 3. The van der Waals surface area contributed by atoms with E-state index < -0.39 is 35.9 Å². The van der Waals surface area contributed by atoms with Crippen molar-refractivity contribution in [2.24, 2.45) is 0 Å². The van der Waals surface area contributed by atoms with E-state index in [1.165, 1.54) is 30.5 Å². The Hall–Kier alpha value is -3.19. The molecule has 1 aliphatic rings. The van der Waals surface area contributed by atoms with Crippen LogP contribution in [-0.4, -0.2) is 28.5 Å². The second-order valence-electron chi connectivity index (χ2n) is 5.65. The van der Waals surface area contributed by atoms with Crippen LogP contribution < -0.4 is 9.64 Å². The van der Waals surface area contributed by atoms with Gasteiger partial charge in [0.05, 0.1) is 12.2 Å². The fourth-order valence-corrected chi connectivity index (χ4v) is 2.65. The summed E-state index contributed by atoms with van der Waals surface area (Å²) in [7, 11) is 0. The maximum atomic E-state index is 14.1. The molecule has 0 saturated heterocycles. The minimum Gasteiger partial charge on any atom is -0.423 e. The zero-order valence-electron chi connectivity index (χ0n) is 13.4. The molecule has 3 rings (SSSR count). The molecule has 140 valence electrons. The van der Waals surface area contributed by atoms with Crippen LogP contribution in [0.3, 0.4) is 0 Å². The summed E-state index contributed by atoms with van der Waals surface area (Å²) in [6.07, 6.45) is -8.64. The van der Waals surface area contributed by atoms with E-state index >= 15 is 0 Å². The smallest absolute Gasteiger partial charge is 0.423 e. The summed E-state index contributed by atoms with van der Waals surface area (Å²) < 4.78 is 58.2. The molecule has 0 aliphatic carbocycles. The van der Waals surface area contributed by atoms with Crippen molar-refractivity contribution in [3.8, 4) is 11.8 Å². The number of para-hydroxylation sites is 1. The van der Waals surface area contributed by atoms with E-state index in [1.54, 1.807) is 6.07 Å². The number of aliphatic hydroxyl groups excluding tert-OH is 1. The molecular weight excluding hydrogens is 370 g/mol. The summed E-state index contributed by atoms with van der Waals surface area (Å²) in [4.78, 5) is 16.5. The van der Waals surface area contributed by atoms with Gasteiger partial charge in [0.25, 0.3) is 6.43 Å². The van der Waals surface area contributed by atoms with Crippen molar-refractivity contribution in [1.82, 2.24) is 4.98 Å². The van der Waals surface area contributed by atoms with E-state index in [0.717, 1.165) is 6.07 Å². The number of carbonyl (C=O) groups excluding carboxylic acids is 1. The number of aromatic nitrogens is 1. The lowest BCUT2D eigenvalue weighted by atomic mass is 10.0. The van der Waals surface area contributed by atoms with Crippen molar-refractivity contribution in [3.05, 3.63) is 53.3 Å². The van der Waals surface area contributed by atoms with Crippen molar-refractivity contribution in [1.29, 1.82) is 5.26 Å². The van der Waals surface area contributed by atoms with Gasteiger partial charge in [-0.05, 0) is 23.8 Å². The molecule has 2 aromatic rings. The Bertz CT molecular complexity index is 930. The Labute approximate surface area is 150 Å². The molecule has 1 aliphatic heterocycles. The van der Waals surface area contributed by atoms with Gasteiger partial charge in [0, 0.05) is 11.8 Å². The molecule has 27 heavy (non-hydrogen) atoms. The van der Waals surface area contributed by atoms with E-state index in [-0.39, 0.29) is 17.9 Å². The topological polar surface area (TPSA) is 86.5 Å². The molecule has 6 nitrogen and oxygen atoms in total. The monoisotopic (exact) mass is 381 g/mol. The second-order valence-corrected chi connectivity index (χ2v) is 5.65. The number of ether oxygens (including phenoxy) is 1. The van der Waals surface area contributed by atoms with Crippen LogP contribution in [0.15, 0.2) is 36.5 Å². The highest BCUT2D eigenvalue weighted by molar-refractivity contribution is 6.01. The Kier molecular flexibility index (Phi) is 4.72. The lowest BCUT2D eigenvalue weighted by Gasteiger charge is -2.35. The van der Waals surface area contributed by atoms with Crippen LogP contribution in [-0.2, 0) is 11.3 Å². The Balaban J connectivity index is 2.09. The highest BCUT2D eigenvalue weighted by Crippen LogP contribution is 2.45. The first kappa shape index (κ1) is 18.6. The van der Waals surface area contributed by atoms with Crippen LogP contribution in [0.1, 0.15) is 22.9 Å². The first-order valence-electron chi connectivity index (χ1n) is 7.57. The van der Waals surface area contributed by atoms with Crippen LogP contribution in [0, 0.1) is 11.3 Å². The third-order valence-electron chi connectivity index (χ3n) is 3.88. The number of anilines is 1. The van der Waals surface area contributed by atoms with E-state index in [0.29, 0.717) is 10.5 Å². The number of alkyl halides is 4. The number of halogens is 4. The Morgan fingerprint density at radius 2 is 2.07 bits per heavy atom. The average molecular weight is 381 g/mol. The number of rotatable bonds is 4. The number of pyridine rings is 1. The maximum Gasteiger partial charge on any atom is 0.483 e. The van der Waals surface area contributed by atoms with Gasteiger partial charge in [-0.1, -0.05) is 12.1 Å². The minimum atomic E-state index is -4.31. The van der Waals surface area contributed by atoms with Crippen molar-refractivity contribution < 1.29 is 32.2 Å². The molecule has 0 radical (unpaired) electrons. The molecule has 0 saturated carbocycles. The van der Waals surface area contributed by atoms with Gasteiger partial charge in [0.1, 0.15) is 17.9 Å². The zero-order chi connectivity index (χ0) is 19.8. The average Bonchev–Trinajstić information content (AvgIpc) is 2.64. The van der Waals surface area contributed by atoms with Crippen LogP contribution in [0.4, 0.5) is 23.2 Å². The van der Waals surface area contributed by atoms with E-state index in [1.807, 2.05) is 0 Å². The lowest BCUT2D eigenvalue weighted by molar-refractivity contribution is -0.193. The van der Waals surface area contributed by atoms with E-state index in [2.05, 4.69) is 9.72 Å². The number of fused-ring (bicyclic) bond motifs is 1. The molecule has 0 bridgehead atoms. The molecule has 0 fully saturated rings. The first-order chi connectivity index (χ1) is 12.7. The molecule has 2 heterocycles. The number of hydrogen-bond donors (Lipinski definition) is 1. The number of nitriles is 1. The minimum absolute atomic E-state index is 0.0158. The normalized spacial score (nSPS) is 16.5. The fraction of sp³-hybridized carbons (Fsp3) is 0.235. The highest BCUT2D eigenvalue weighted by Gasteiger charge is 2.51. The van der Waals surface area contributed by atoms with Crippen LogP contribution in [0.2, 0.25) is 0 Å². The van der Waals surface area contributed by atoms with Crippen molar-refractivity contribution in [3.63, 3.8) is 0 Å². The largest absolute Gasteiger partial charge is 0.483 e. The number of benzene rings is 1. The summed E-state index contributed by atoms with van der Waals surface area (Å²) in [5, 5.41) is 18.5. The highest BCUT2D eigenvalue weighted by atomic mass is 19.3. The van der Waals surface area contributed by atoms with Gasteiger partial charge in [-0.25, -0.2) is 13.8 Å². The molecule has 1 atom stereocenters. The van der Waals surface area contributed by atoms with Gasteiger partial charge in [0.2, 0.25) is 0 Å². The lowest BCUT2D eigenvalue weighted by Crippen LogP contribution is -2.50.